The lowest BCUT2D eigenvalue weighted by Gasteiger charge is -2.24. The average molecular weight is 210 g/mol. The van der Waals surface area contributed by atoms with Gasteiger partial charge in [-0.3, -0.25) is 0 Å². The van der Waals surface area contributed by atoms with Crippen LogP contribution in [0, 0.1) is 5.92 Å². The Bertz CT molecular complexity index is 231. The molecule has 2 heteroatoms. The van der Waals surface area contributed by atoms with Crippen molar-refractivity contribution in [2.45, 2.75) is 40.9 Å². The standard InChI is InChI=1S/C13H22O2/c1-7-10(4)13(14-11(5)8-2)15-12(6)9-3/h7-10,13H,1H2,2-6H3. The van der Waals surface area contributed by atoms with Gasteiger partial charge < -0.3 is 9.47 Å². The summed E-state index contributed by atoms with van der Waals surface area (Å²) < 4.78 is 11.3. The van der Waals surface area contributed by atoms with Crippen LogP contribution in [0.5, 0.6) is 0 Å². The molecule has 0 aliphatic rings. The van der Waals surface area contributed by atoms with E-state index in [0.29, 0.717) is 0 Å². The van der Waals surface area contributed by atoms with Gasteiger partial charge in [-0.15, -0.1) is 6.58 Å². The fourth-order valence-corrected chi connectivity index (χ4v) is 0.852. The van der Waals surface area contributed by atoms with Gasteiger partial charge in [0, 0.05) is 5.92 Å². The highest BCUT2D eigenvalue weighted by Gasteiger charge is 2.17. The van der Waals surface area contributed by atoms with E-state index in [9.17, 15) is 0 Å². The van der Waals surface area contributed by atoms with E-state index < -0.39 is 0 Å². The van der Waals surface area contributed by atoms with Crippen LogP contribution in [0.4, 0.5) is 0 Å². The first kappa shape index (κ1) is 13.8. The van der Waals surface area contributed by atoms with Crippen LogP contribution in [-0.4, -0.2) is 6.29 Å². The van der Waals surface area contributed by atoms with Crippen molar-refractivity contribution in [2.75, 3.05) is 0 Å². The Morgan fingerprint density at radius 1 is 1.07 bits per heavy atom. The van der Waals surface area contributed by atoms with Crippen molar-refractivity contribution in [2.24, 2.45) is 5.92 Å². The maximum Gasteiger partial charge on any atom is 0.245 e. The van der Waals surface area contributed by atoms with E-state index in [1.54, 1.807) is 0 Å². The van der Waals surface area contributed by atoms with E-state index in [1.165, 1.54) is 0 Å². The third kappa shape index (κ3) is 5.31. The van der Waals surface area contributed by atoms with Crippen molar-refractivity contribution in [3.63, 3.8) is 0 Å². The Balaban J connectivity index is 4.51. The molecular weight excluding hydrogens is 188 g/mol. The van der Waals surface area contributed by atoms with Crippen LogP contribution >= 0.6 is 0 Å². The van der Waals surface area contributed by atoms with Crippen LogP contribution in [0.2, 0.25) is 0 Å². The minimum atomic E-state index is -0.296. The minimum absolute atomic E-state index is 0.148. The number of ether oxygens (including phenoxy) is 2. The number of allylic oxidation sites excluding steroid dienone is 4. The molecule has 0 saturated heterocycles. The van der Waals surface area contributed by atoms with E-state index in [2.05, 4.69) is 6.58 Å². The Labute approximate surface area is 93.3 Å². The molecule has 0 aromatic heterocycles. The molecule has 1 atom stereocenters. The van der Waals surface area contributed by atoms with Gasteiger partial charge in [-0.25, -0.2) is 0 Å². The predicted molar refractivity (Wildman–Crippen MR) is 64.2 cm³/mol. The zero-order chi connectivity index (χ0) is 11.8. The smallest absolute Gasteiger partial charge is 0.245 e. The van der Waals surface area contributed by atoms with Gasteiger partial charge in [0.15, 0.2) is 0 Å². The van der Waals surface area contributed by atoms with Crippen molar-refractivity contribution in [1.29, 1.82) is 0 Å². The highest BCUT2D eigenvalue weighted by atomic mass is 16.7. The van der Waals surface area contributed by atoms with Crippen LogP contribution in [-0.2, 0) is 9.47 Å². The van der Waals surface area contributed by atoms with Crippen LogP contribution in [0.1, 0.15) is 34.6 Å². The summed E-state index contributed by atoms with van der Waals surface area (Å²) in [6.45, 7) is 13.5. The topological polar surface area (TPSA) is 18.5 Å². The van der Waals surface area contributed by atoms with E-state index in [0.717, 1.165) is 11.5 Å². The van der Waals surface area contributed by atoms with Gasteiger partial charge in [0.2, 0.25) is 6.29 Å². The molecule has 0 amide bonds. The highest BCUT2D eigenvalue weighted by molar-refractivity contribution is 4.91. The Morgan fingerprint density at radius 2 is 1.47 bits per heavy atom. The summed E-state index contributed by atoms with van der Waals surface area (Å²) in [6.07, 6.45) is 5.36. The fraction of sp³-hybridized carbons (Fsp3) is 0.538. The third-order valence-electron chi connectivity index (χ3n) is 2.22. The zero-order valence-corrected chi connectivity index (χ0v) is 10.4. The first-order valence-electron chi connectivity index (χ1n) is 5.26. The quantitative estimate of drug-likeness (QED) is 0.374. The molecule has 0 spiro atoms. The molecule has 86 valence electrons. The summed E-state index contributed by atoms with van der Waals surface area (Å²) in [5, 5.41) is 0. The number of hydrogen-bond acceptors (Lipinski definition) is 2. The normalized spacial score (nSPS) is 16.9. The number of rotatable bonds is 6. The molecule has 15 heavy (non-hydrogen) atoms. The van der Waals surface area contributed by atoms with Crippen LogP contribution in [0.25, 0.3) is 0 Å². The largest absolute Gasteiger partial charge is 0.459 e. The van der Waals surface area contributed by atoms with Crippen LogP contribution in [0.15, 0.2) is 36.3 Å². The maximum atomic E-state index is 5.65. The van der Waals surface area contributed by atoms with E-state index in [4.69, 9.17) is 9.47 Å². The first-order valence-corrected chi connectivity index (χ1v) is 5.26. The second kappa shape index (κ2) is 7.16. The summed E-state index contributed by atoms with van der Waals surface area (Å²) in [6, 6.07) is 0. The van der Waals surface area contributed by atoms with E-state index >= 15 is 0 Å². The molecule has 0 aromatic rings. The van der Waals surface area contributed by atoms with Gasteiger partial charge >= 0.3 is 0 Å². The Morgan fingerprint density at radius 3 is 1.73 bits per heavy atom. The van der Waals surface area contributed by atoms with Crippen molar-refractivity contribution in [3.05, 3.63) is 36.3 Å². The molecule has 0 aliphatic heterocycles. The summed E-state index contributed by atoms with van der Waals surface area (Å²) in [5.41, 5.74) is 0. The lowest BCUT2D eigenvalue weighted by Crippen LogP contribution is -2.22. The Hall–Kier alpha value is -1.18. The molecule has 0 aromatic carbocycles. The number of hydrogen-bond donors (Lipinski definition) is 0. The summed E-state index contributed by atoms with van der Waals surface area (Å²) in [5.74, 6) is 1.87. The molecule has 0 bridgehead atoms. The molecule has 0 rings (SSSR count). The average Bonchev–Trinajstić information content (AvgIpc) is 2.26. The summed E-state index contributed by atoms with van der Waals surface area (Å²) in [4.78, 5) is 0. The van der Waals surface area contributed by atoms with Gasteiger partial charge in [0.1, 0.15) is 0 Å². The summed E-state index contributed by atoms with van der Waals surface area (Å²) >= 11 is 0. The highest BCUT2D eigenvalue weighted by Crippen LogP contribution is 2.17. The maximum absolute atomic E-state index is 5.65. The monoisotopic (exact) mass is 210 g/mol. The molecule has 2 nitrogen and oxygen atoms in total. The molecule has 0 aliphatic carbocycles. The SMILES string of the molecule is C=CC(C)C(OC(C)=CC)OC(C)=CC. The molecule has 0 N–H and O–H groups in total. The first-order chi connectivity index (χ1) is 7.04. The van der Waals surface area contributed by atoms with E-state index in [-0.39, 0.29) is 12.2 Å². The molecule has 1 unspecified atom stereocenters. The van der Waals surface area contributed by atoms with Gasteiger partial charge in [0.25, 0.3) is 0 Å². The predicted octanol–water partition coefficient (Wildman–Crippen LogP) is 4.02. The van der Waals surface area contributed by atoms with Gasteiger partial charge in [-0.1, -0.05) is 13.0 Å². The second-order valence-corrected chi connectivity index (χ2v) is 3.50. The van der Waals surface area contributed by atoms with Gasteiger partial charge in [0.05, 0.1) is 11.5 Å². The van der Waals surface area contributed by atoms with Gasteiger partial charge in [-0.2, -0.15) is 0 Å². The van der Waals surface area contributed by atoms with Crippen molar-refractivity contribution in [1.82, 2.24) is 0 Å². The lowest BCUT2D eigenvalue weighted by atomic mass is 10.2. The van der Waals surface area contributed by atoms with E-state index in [1.807, 2.05) is 52.8 Å². The van der Waals surface area contributed by atoms with Crippen LogP contribution in [0.3, 0.4) is 0 Å². The zero-order valence-electron chi connectivity index (χ0n) is 10.4. The molecule has 0 saturated carbocycles. The van der Waals surface area contributed by atoms with Crippen molar-refractivity contribution < 1.29 is 9.47 Å². The Kier molecular flexibility index (Phi) is 6.59. The van der Waals surface area contributed by atoms with Crippen molar-refractivity contribution in [3.8, 4) is 0 Å². The molecule has 0 radical (unpaired) electrons. The molecular formula is C13H22O2. The lowest BCUT2D eigenvalue weighted by molar-refractivity contribution is -0.106. The third-order valence-corrected chi connectivity index (χ3v) is 2.22. The second-order valence-electron chi connectivity index (χ2n) is 3.50. The molecule has 0 heterocycles. The molecule has 0 fully saturated rings. The van der Waals surface area contributed by atoms with Crippen molar-refractivity contribution >= 4 is 0 Å². The summed E-state index contributed by atoms with van der Waals surface area (Å²) in [7, 11) is 0. The minimum Gasteiger partial charge on any atom is -0.459 e. The van der Waals surface area contributed by atoms with Gasteiger partial charge in [-0.05, 0) is 39.8 Å². The fourth-order valence-electron chi connectivity index (χ4n) is 0.852. The van der Waals surface area contributed by atoms with Crippen LogP contribution < -0.4 is 0 Å².